The monoisotopic (exact) mass is 840 g/mol. The molecule has 0 aliphatic carbocycles. The van der Waals surface area contributed by atoms with Crippen molar-refractivity contribution in [2.45, 2.75) is 219 Å². The highest BCUT2D eigenvalue weighted by atomic mass is 31.2. The average Bonchev–Trinajstić information content (AvgIpc) is 3.18. The minimum atomic E-state index is -4.53. The maximum absolute atomic E-state index is 12.7. The number of phosphoric acid groups is 1. The van der Waals surface area contributed by atoms with Crippen LogP contribution in [0.3, 0.4) is 0 Å². The lowest BCUT2D eigenvalue weighted by atomic mass is 10.1. The number of hydrogen-bond acceptors (Lipinski definition) is 7. The molecule has 8 nitrogen and oxygen atoms in total. The Balaban J connectivity index is 4.19. The van der Waals surface area contributed by atoms with Crippen molar-refractivity contribution in [2.75, 3.05) is 54.1 Å². The summed E-state index contributed by atoms with van der Waals surface area (Å²) in [5.41, 5.74) is 0. The SMILES string of the molecule is CCCCC/C=C\C/C=C\CCCCCCCCCC(=O)OC(COCCCCCCCCCC/C=C\CCCCCCCCC)COP(=O)([O-])OCC[N+](C)(C)C. The van der Waals surface area contributed by atoms with Crippen molar-refractivity contribution < 1.29 is 37.3 Å². The van der Waals surface area contributed by atoms with Crippen molar-refractivity contribution in [2.24, 2.45) is 0 Å². The molecule has 0 rings (SSSR count). The largest absolute Gasteiger partial charge is 0.756 e. The lowest BCUT2D eigenvalue weighted by Crippen LogP contribution is -2.37. The average molecular weight is 840 g/mol. The van der Waals surface area contributed by atoms with Crippen molar-refractivity contribution in [3.05, 3.63) is 36.5 Å². The van der Waals surface area contributed by atoms with Crippen LogP contribution < -0.4 is 4.89 Å². The van der Waals surface area contributed by atoms with E-state index in [1.54, 1.807) is 0 Å². The van der Waals surface area contributed by atoms with E-state index in [0.717, 1.165) is 44.9 Å². The molecular weight excluding hydrogens is 746 g/mol. The molecule has 9 heteroatoms. The molecule has 2 atom stereocenters. The van der Waals surface area contributed by atoms with Crippen LogP contribution in [0.4, 0.5) is 0 Å². The van der Waals surface area contributed by atoms with E-state index in [4.69, 9.17) is 18.5 Å². The minimum absolute atomic E-state index is 0.0240. The van der Waals surface area contributed by atoms with E-state index in [-0.39, 0.29) is 25.8 Å². The number of nitrogens with zero attached hydrogens (tertiary/aromatic N) is 1. The van der Waals surface area contributed by atoms with Crippen molar-refractivity contribution in [3.63, 3.8) is 0 Å². The Morgan fingerprint density at radius 2 is 0.948 bits per heavy atom. The third-order valence-electron chi connectivity index (χ3n) is 10.4. The third kappa shape index (κ3) is 45.8. The van der Waals surface area contributed by atoms with E-state index in [1.165, 1.54) is 148 Å². The van der Waals surface area contributed by atoms with Crippen LogP contribution in [-0.2, 0) is 27.9 Å². The fraction of sp³-hybridized carbons (Fsp3) is 0.857. The molecule has 0 aromatic rings. The van der Waals surface area contributed by atoms with Crippen molar-refractivity contribution >= 4 is 13.8 Å². The van der Waals surface area contributed by atoms with Crippen LogP contribution in [0.1, 0.15) is 213 Å². The van der Waals surface area contributed by atoms with Crippen molar-refractivity contribution in [1.29, 1.82) is 0 Å². The van der Waals surface area contributed by atoms with Crippen LogP contribution in [-0.4, -0.2) is 70.7 Å². The number of rotatable bonds is 45. The Kier molecular flexibility index (Phi) is 41.5. The van der Waals surface area contributed by atoms with E-state index in [1.807, 2.05) is 21.1 Å². The van der Waals surface area contributed by atoms with Crippen LogP contribution in [0.25, 0.3) is 0 Å². The fourth-order valence-corrected chi connectivity index (χ4v) is 7.36. The minimum Gasteiger partial charge on any atom is -0.756 e. The third-order valence-corrected chi connectivity index (χ3v) is 11.4. The molecule has 0 spiro atoms. The zero-order chi connectivity index (χ0) is 42.7. The Hall–Kier alpha value is -1.28. The lowest BCUT2D eigenvalue weighted by molar-refractivity contribution is -0.870. The van der Waals surface area contributed by atoms with E-state index < -0.39 is 13.9 Å². The topological polar surface area (TPSA) is 94.1 Å². The number of hydrogen-bond donors (Lipinski definition) is 0. The molecule has 0 amide bonds. The van der Waals surface area contributed by atoms with Crippen molar-refractivity contribution in [1.82, 2.24) is 0 Å². The molecule has 0 aromatic heterocycles. The number of unbranched alkanes of at least 4 members (excludes halogenated alkanes) is 25. The number of quaternary nitrogens is 1. The molecule has 0 aliphatic heterocycles. The summed E-state index contributed by atoms with van der Waals surface area (Å²) in [5.74, 6) is -0.342. The number of phosphoric ester groups is 1. The van der Waals surface area contributed by atoms with E-state index in [9.17, 15) is 14.3 Å². The van der Waals surface area contributed by atoms with Gasteiger partial charge in [0.1, 0.15) is 19.3 Å². The molecule has 0 saturated heterocycles. The van der Waals surface area contributed by atoms with Gasteiger partial charge in [-0.15, -0.1) is 0 Å². The first-order valence-electron chi connectivity index (χ1n) is 24.2. The first kappa shape index (κ1) is 56.7. The molecule has 342 valence electrons. The van der Waals surface area contributed by atoms with Gasteiger partial charge in [0, 0.05) is 13.0 Å². The van der Waals surface area contributed by atoms with Gasteiger partial charge in [-0.3, -0.25) is 9.36 Å². The highest BCUT2D eigenvalue weighted by molar-refractivity contribution is 7.45. The van der Waals surface area contributed by atoms with Gasteiger partial charge in [0.25, 0.3) is 7.82 Å². The van der Waals surface area contributed by atoms with Crippen LogP contribution in [0.2, 0.25) is 0 Å². The number of allylic oxidation sites excluding steroid dienone is 6. The standard InChI is InChI=1S/C49H94NO7P/c1-6-8-10-12-14-16-18-20-22-24-25-27-29-31-33-35-37-39-41-44-54-46-48(47-56-58(52,53)55-45-43-50(3,4)5)57-49(51)42-40-38-36-34-32-30-28-26-23-21-19-17-15-13-11-9-7-2/h15,17,21-24,48H,6-14,16,18-20,25-47H2,1-5H3/b17-15-,23-21-,24-22-. The maximum Gasteiger partial charge on any atom is 0.306 e. The molecule has 2 unspecified atom stereocenters. The Labute approximate surface area is 359 Å². The summed E-state index contributed by atoms with van der Waals surface area (Å²) in [6.45, 7) is 5.39. The molecule has 0 bridgehead atoms. The Bertz CT molecular complexity index is 1020. The van der Waals surface area contributed by atoms with E-state index in [0.29, 0.717) is 24.1 Å². The van der Waals surface area contributed by atoms with Gasteiger partial charge in [-0.05, 0) is 70.6 Å². The van der Waals surface area contributed by atoms with Gasteiger partial charge in [-0.2, -0.15) is 0 Å². The lowest BCUT2D eigenvalue weighted by Gasteiger charge is -2.28. The van der Waals surface area contributed by atoms with Crippen molar-refractivity contribution in [3.8, 4) is 0 Å². The second-order valence-electron chi connectivity index (χ2n) is 17.5. The zero-order valence-electron chi connectivity index (χ0n) is 38.7. The first-order chi connectivity index (χ1) is 28.1. The Morgan fingerprint density at radius 1 is 0.534 bits per heavy atom. The number of carbonyl (C=O) groups is 1. The van der Waals surface area contributed by atoms with Crippen LogP contribution >= 0.6 is 7.82 Å². The summed E-state index contributed by atoms with van der Waals surface area (Å²) in [7, 11) is 1.35. The second kappa shape index (κ2) is 42.4. The van der Waals surface area contributed by atoms with Gasteiger partial charge in [-0.1, -0.05) is 172 Å². The van der Waals surface area contributed by atoms with Gasteiger partial charge in [0.05, 0.1) is 34.4 Å². The van der Waals surface area contributed by atoms with E-state index >= 15 is 0 Å². The summed E-state index contributed by atoms with van der Waals surface area (Å²) in [6, 6.07) is 0. The predicted molar refractivity (Wildman–Crippen MR) is 245 cm³/mol. The predicted octanol–water partition coefficient (Wildman–Crippen LogP) is 13.9. The number of esters is 1. The first-order valence-corrected chi connectivity index (χ1v) is 25.7. The van der Waals surface area contributed by atoms with Gasteiger partial charge in [-0.25, -0.2) is 0 Å². The quantitative estimate of drug-likeness (QED) is 0.0198. The highest BCUT2D eigenvalue weighted by Gasteiger charge is 2.20. The zero-order valence-corrected chi connectivity index (χ0v) is 39.6. The summed E-state index contributed by atoms with van der Waals surface area (Å²) in [6.07, 6.45) is 50.1. The number of likely N-dealkylation sites (N-methyl/N-ethyl adjacent to an activating group) is 1. The Morgan fingerprint density at radius 3 is 1.45 bits per heavy atom. The summed E-state index contributed by atoms with van der Waals surface area (Å²) in [5, 5.41) is 0. The molecule has 0 aliphatic rings. The molecule has 58 heavy (non-hydrogen) atoms. The molecule has 0 heterocycles. The number of carbonyl (C=O) groups excluding carboxylic acids is 1. The number of ether oxygens (including phenoxy) is 2. The highest BCUT2D eigenvalue weighted by Crippen LogP contribution is 2.38. The van der Waals surface area contributed by atoms with Crippen LogP contribution in [0, 0.1) is 0 Å². The van der Waals surface area contributed by atoms with Gasteiger partial charge in [0.15, 0.2) is 0 Å². The van der Waals surface area contributed by atoms with E-state index in [2.05, 4.69) is 50.3 Å². The summed E-state index contributed by atoms with van der Waals surface area (Å²) < 4.78 is 34.7. The molecule has 0 N–H and O–H groups in total. The molecule has 0 fully saturated rings. The van der Waals surface area contributed by atoms with Crippen LogP contribution in [0.15, 0.2) is 36.5 Å². The van der Waals surface area contributed by atoms with Gasteiger partial charge >= 0.3 is 5.97 Å². The van der Waals surface area contributed by atoms with Gasteiger partial charge in [0.2, 0.25) is 0 Å². The molecule has 0 saturated carbocycles. The fourth-order valence-electron chi connectivity index (χ4n) is 6.63. The smallest absolute Gasteiger partial charge is 0.306 e. The van der Waals surface area contributed by atoms with Gasteiger partial charge < -0.3 is 27.9 Å². The second-order valence-corrected chi connectivity index (χ2v) is 18.9. The molecule has 0 radical (unpaired) electrons. The van der Waals surface area contributed by atoms with Crippen LogP contribution in [0.5, 0.6) is 0 Å². The maximum atomic E-state index is 12.7. The molecule has 0 aromatic carbocycles. The molecular formula is C49H94NO7P. The normalized spacial score (nSPS) is 14.0. The summed E-state index contributed by atoms with van der Waals surface area (Å²) >= 11 is 0. The summed E-state index contributed by atoms with van der Waals surface area (Å²) in [4.78, 5) is 25.1.